The molecule has 0 saturated carbocycles. The number of anilines is 1. The fraction of sp³-hybridized carbons (Fsp3) is 0.455. The summed E-state index contributed by atoms with van der Waals surface area (Å²) < 4.78 is 77.7. The van der Waals surface area contributed by atoms with E-state index in [9.17, 15) is 26.3 Å². The van der Waals surface area contributed by atoms with E-state index in [0.29, 0.717) is 6.07 Å². The molecular formula is C11H11F6NO. The predicted octanol–water partition coefficient (Wildman–Crippen LogP) is 4.01. The third-order valence-corrected chi connectivity index (χ3v) is 2.13. The maximum absolute atomic E-state index is 12.4. The Morgan fingerprint density at radius 2 is 1.63 bits per heavy atom. The summed E-state index contributed by atoms with van der Waals surface area (Å²) in [4.78, 5) is 0. The molecule has 1 aromatic rings. The molecule has 0 aliphatic heterocycles. The number of benzene rings is 1. The second kappa shape index (κ2) is 5.58. The van der Waals surface area contributed by atoms with Crippen molar-refractivity contribution < 1.29 is 31.1 Å². The Hall–Kier alpha value is -1.60. The van der Waals surface area contributed by atoms with Crippen LogP contribution in [0.3, 0.4) is 0 Å². The standard InChI is InChI=1S/C11H11F6NO/c12-10(13,14)2-1-3-19-9-5-7(11(15,16)17)4-8(18)6-9/h4-6H,1-3,18H2. The molecule has 0 spiro atoms. The van der Waals surface area contributed by atoms with Gasteiger partial charge in [-0.1, -0.05) is 0 Å². The van der Waals surface area contributed by atoms with Crippen LogP contribution in [0.2, 0.25) is 0 Å². The van der Waals surface area contributed by atoms with E-state index in [2.05, 4.69) is 0 Å². The van der Waals surface area contributed by atoms with Gasteiger partial charge in [-0.2, -0.15) is 26.3 Å². The monoisotopic (exact) mass is 287 g/mol. The highest BCUT2D eigenvalue weighted by Gasteiger charge is 2.31. The summed E-state index contributed by atoms with van der Waals surface area (Å²) in [5.74, 6) is -0.200. The average Bonchev–Trinajstić information content (AvgIpc) is 2.21. The minimum atomic E-state index is -4.58. The summed E-state index contributed by atoms with van der Waals surface area (Å²) >= 11 is 0. The van der Waals surface area contributed by atoms with Crippen molar-refractivity contribution in [3.8, 4) is 5.75 Å². The van der Waals surface area contributed by atoms with Gasteiger partial charge in [0.05, 0.1) is 12.2 Å². The third-order valence-electron chi connectivity index (χ3n) is 2.13. The van der Waals surface area contributed by atoms with Crippen molar-refractivity contribution in [2.45, 2.75) is 25.2 Å². The van der Waals surface area contributed by atoms with Gasteiger partial charge in [-0.05, 0) is 18.6 Å². The van der Waals surface area contributed by atoms with E-state index >= 15 is 0 Å². The van der Waals surface area contributed by atoms with E-state index in [0.717, 1.165) is 12.1 Å². The van der Waals surface area contributed by atoms with Crippen LogP contribution in [0.1, 0.15) is 18.4 Å². The third kappa shape index (κ3) is 5.71. The van der Waals surface area contributed by atoms with E-state index in [1.54, 1.807) is 0 Å². The van der Waals surface area contributed by atoms with Crippen molar-refractivity contribution in [1.82, 2.24) is 0 Å². The van der Waals surface area contributed by atoms with E-state index < -0.39 is 24.3 Å². The molecule has 8 heteroatoms. The van der Waals surface area contributed by atoms with E-state index in [4.69, 9.17) is 10.5 Å². The number of nitrogen functional groups attached to an aromatic ring is 1. The van der Waals surface area contributed by atoms with Crippen LogP contribution < -0.4 is 10.5 Å². The Morgan fingerprint density at radius 1 is 1.00 bits per heavy atom. The Labute approximate surface area is 105 Å². The van der Waals surface area contributed by atoms with Crippen molar-refractivity contribution >= 4 is 5.69 Å². The minimum Gasteiger partial charge on any atom is -0.493 e. The van der Waals surface area contributed by atoms with Crippen molar-refractivity contribution in [2.24, 2.45) is 0 Å². The van der Waals surface area contributed by atoms with E-state index in [-0.39, 0.29) is 24.5 Å². The van der Waals surface area contributed by atoms with Crippen LogP contribution in [0.25, 0.3) is 0 Å². The van der Waals surface area contributed by atoms with Gasteiger partial charge in [-0.25, -0.2) is 0 Å². The first-order valence-electron chi connectivity index (χ1n) is 5.25. The maximum atomic E-state index is 12.4. The lowest BCUT2D eigenvalue weighted by atomic mass is 10.2. The van der Waals surface area contributed by atoms with Gasteiger partial charge in [0.15, 0.2) is 0 Å². The van der Waals surface area contributed by atoms with Gasteiger partial charge in [-0.15, -0.1) is 0 Å². The highest BCUT2D eigenvalue weighted by atomic mass is 19.4. The molecule has 0 aliphatic rings. The fourth-order valence-electron chi connectivity index (χ4n) is 1.33. The van der Waals surface area contributed by atoms with Crippen molar-refractivity contribution in [2.75, 3.05) is 12.3 Å². The molecule has 0 amide bonds. The zero-order chi connectivity index (χ0) is 14.7. The lowest BCUT2D eigenvalue weighted by Crippen LogP contribution is -2.10. The first kappa shape index (κ1) is 15.5. The summed E-state index contributed by atoms with van der Waals surface area (Å²) in [5.41, 5.74) is 4.10. The highest BCUT2D eigenvalue weighted by Crippen LogP contribution is 2.33. The molecule has 2 nitrogen and oxygen atoms in total. The van der Waals surface area contributed by atoms with E-state index in [1.807, 2.05) is 0 Å². The molecule has 0 saturated heterocycles. The summed E-state index contributed by atoms with van der Waals surface area (Å²) in [5, 5.41) is 0. The van der Waals surface area contributed by atoms with Crippen molar-refractivity contribution in [3.63, 3.8) is 0 Å². The zero-order valence-electron chi connectivity index (χ0n) is 9.61. The van der Waals surface area contributed by atoms with Gasteiger partial charge in [0.2, 0.25) is 0 Å². The number of rotatable bonds is 4. The van der Waals surface area contributed by atoms with Gasteiger partial charge >= 0.3 is 12.4 Å². The van der Waals surface area contributed by atoms with Crippen LogP contribution in [0.5, 0.6) is 5.75 Å². The average molecular weight is 287 g/mol. The zero-order valence-corrected chi connectivity index (χ0v) is 9.61. The number of nitrogens with two attached hydrogens (primary N) is 1. The van der Waals surface area contributed by atoms with Gasteiger partial charge < -0.3 is 10.5 Å². The molecule has 0 unspecified atom stereocenters. The maximum Gasteiger partial charge on any atom is 0.416 e. The number of alkyl halides is 6. The second-order valence-corrected chi connectivity index (χ2v) is 3.86. The molecule has 19 heavy (non-hydrogen) atoms. The molecular weight excluding hydrogens is 276 g/mol. The van der Waals surface area contributed by atoms with Crippen LogP contribution >= 0.6 is 0 Å². The fourth-order valence-corrected chi connectivity index (χ4v) is 1.33. The minimum absolute atomic E-state index is 0.166. The molecule has 0 aliphatic carbocycles. The molecule has 0 radical (unpaired) electrons. The number of halogens is 6. The number of ether oxygens (including phenoxy) is 1. The smallest absolute Gasteiger partial charge is 0.416 e. The van der Waals surface area contributed by atoms with Crippen LogP contribution in [-0.4, -0.2) is 12.8 Å². The summed E-state index contributed by atoms with van der Waals surface area (Å²) in [7, 11) is 0. The van der Waals surface area contributed by atoms with Crippen molar-refractivity contribution in [3.05, 3.63) is 23.8 Å². The summed E-state index contributed by atoms with van der Waals surface area (Å²) in [6.45, 7) is -0.333. The SMILES string of the molecule is Nc1cc(OCCCC(F)(F)F)cc(C(F)(F)F)c1. The molecule has 0 heterocycles. The first-order valence-corrected chi connectivity index (χ1v) is 5.25. The van der Waals surface area contributed by atoms with Crippen LogP contribution in [0.4, 0.5) is 32.0 Å². The molecule has 0 aromatic heterocycles. The summed E-state index contributed by atoms with van der Waals surface area (Å²) in [6.07, 6.45) is -10.3. The number of hydrogen-bond acceptors (Lipinski definition) is 2. The lowest BCUT2D eigenvalue weighted by molar-refractivity contribution is -0.137. The topological polar surface area (TPSA) is 35.2 Å². The van der Waals surface area contributed by atoms with Gasteiger partial charge in [0.1, 0.15) is 5.75 Å². The van der Waals surface area contributed by atoms with Crippen LogP contribution in [0, 0.1) is 0 Å². The Morgan fingerprint density at radius 3 is 2.16 bits per heavy atom. The predicted molar refractivity (Wildman–Crippen MR) is 56.6 cm³/mol. The normalized spacial score (nSPS) is 12.5. The Kier molecular flexibility index (Phi) is 4.54. The van der Waals surface area contributed by atoms with Crippen LogP contribution in [0.15, 0.2) is 18.2 Å². The lowest BCUT2D eigenvalue weighted by Gasteiger charge is -2.12. The Bertz CT molecular complexity index is 426. The van der Waals surface area contributed by atoms with Crippen molar-refractivity contribution in [1.29, 1.82) is 0 Å². The highest BCUT2D eigenvalue weighted by molar-refractivity contribution is 5.48. The molecule has 1 aromatic carbocycles. The molecule has 108 valence electrons. The number of hydrogen-bond donors (Lipinski definition) is 1. The van der Waals surface area contributed by atoms with Gasteiger partial charge in [-0.3, -0.25) is 0 Å². The molecule has 2 N–H and O–H groups in total. The van der Waals surface area contributed by atoms with Crippen LogP contribution in [-0.2, 0) is 6.18 Å². The molecule has 0 fully saturated rings. The first-order chi connectivity index (χ1) is 8.58. The van der Waals surface area contributed by atoms with E-state index in [1.165, 1.54) is 0 Å². The Balaban J connectivity index is 2.62. The molecule has 1 rings (SSSR count). The second-order valence-electron chi connectivity index (χ2n) is 3.86. The van der Waals surface area contributed by atoms with Gasteiger partial charge in [0.25, 0.3) is 0 Å². The largest absolute Gasteiger partial charge is 0.493 e. The van der Waals surface area contributed by atoms with Gasteiger partial charge in [0, 0.05) is 18.2 Å². The quantitative estimate of drug-likeness (QED) is 0.516. The molecule has 0 bridgehead atoms. The summed E-state index contributed by atoms with van der Waals surface area (Å²) in [6, 6.07) is 2.55. The molecule has 0 atom stereocenters.